The van der Waals surface area contributed by atoms with E-state index in [2.05, 4.69) is 10.0 Å². The van der Waals surface area contributed by atoms with Gasteiger partial charge in [-0.2, -0.15) is 4.72 Å². The highest BCUT2D eigenvalue weighted by Gasteiger charge is 2.37. The molecule has 0 aliphatic heterocycles. The summed E-state index contributed by atoms with van der Waals surface area (Å²) in [5.41, 5.74) is 0. The molecule has 158 valence electrons. The lowest BCUT2D eigenvalue weighted by molar-refractivity contribution is -0.123. The van der Waals surface area contributed by atoms with E-state index in [1.807, 2.05) is 0 Å². The van der Waals surface area contributed by atoms with E-state index in [0.29, 0.717) is 10.0 Å². The summed E-state index contributed by atoms with van der Waals surface area (Å²) in [7, 11) is -4.14. The van der Waals surface area contributed by atoms with Gasteiger partial charge in [0, 0.05) is 10.0 Å². The smallest absolute Gasteiger partial charge is 0.259 e. The molecule has 29 heavy (non-hydrogen) atoms. The molecule has 2 aromatic rings. The number of nitrogens with one attached hydrogen (secondary N) is 2. The molecule has 0 unspecified atom stereocenters. The molecule has 0 aromatic heterocycles. The second-order valence-corrected chi connectivity index (χ2v) is 10.8. The Hall–Kier alpha value is -0.640. The first-order valence-electron chi connectivity index (χ1n) is 7.60. The van der Waals surface area contributed by atoms with Crippen LogP contribution in [0.25, 0.3) is 0 Å². The third-order valence-electron chi connectivity index (χ3n) is 3.28. The lowest BCUT2D eigenvalue weighted by atomic mass is 10.3. The van der Waals surface area contributed by atoms with Crippen LogP contribution >= 0.6 is 69.6 Å². The molecule has 0 aliphatic rings. The summed E-state index contributed by atoms with van der Waals surface area (Å²) < 4.78 is 30.2. The molecule has 0 fully saturated rings. The predicted octanol–water partition coefficient (Wildman–Crippen LogP) is 4.82. The van der Waals surface area contributed by atoms with Crippen LogP contribution in [-0.2, 0) is 14.8 Å². The average Bonchev–Trinajstić information content (AvgIpc) is 2.60. The van der Waals surface area contributed by atoms with Gasteiger partial charge in [0.15, 0.2) is 6.61 Å². The van der Waals surface area contributed by atoms with E-state index in [4.69, 9.17) is 74.3 Å². The zero-order chi connectivity index (χ0) is 21.8. The van der Waals surface area contributed by atoms with Gasteiger partial charge in [-0.15, -0.1) is 0 Å². The van der Waals surface area contributed by atoms with Gasteiger partial charge in [0.05, 0.1) is 9.92 Å². The van der Waals surface area contributed by atoms with Crippen molar-refractivity contribution in [1.29, 1.82) is 0 Å². The number of hydrogen-bond acceptors (Lipinski definition) is 4. The molecule has 0 spiro atoms. The van der Waals surface area contributed by atoms with Crippen LogP contribution < -0.4 is 14.8 Å². The van der Waals surface area contributed by atoms with E-state index < -0.39 is 32.5 Å². The Morgan fingerprint density at radius 1 is 1.00 bits per heavy atom. The number of alkyl halides is 3. The predicted molar refractivity (Wildman–Crippen MR) is 116 cm³/mol. The third kappa shape index (κ3) is 7.52. The normalized spacial score (nSPS) is 13.0. The van der Waals surface area contributed by atoms with Crippen molar-refractivity contribution >= 4 is 85.5 Å². The van der Waals surface area contributed by atoms with E-state index in [-0.39, 0.29) is 15.7 Å². The average molecular weight is 541 g/mol. The fourth-order valence-corrected chi connectivity index (χ4v) is 4.24. The van der Waals surface area contributed by atoms with Crippen LogP contribution in [0.5, 0.6) is 5.75 Å². The minimum absolute atomic E-state index is 0.139. The molecule has 2 N–H and O–H groups in total. The molecule has 2 aromatic carbocycles. The molecule has 2 rings (SSSR count). The molecule has 0 saturated carbocycles. The molecule has 1 atom stereocenters. The maximum atomic E-state index is 12.5. The van der Waals surface area contributed by atoms with Gasteiger partial charge in [-0.25, -0.2) is 8.42 Å². The highest BCUT2D eigenvalue weighted by atomic mass is 35.6. The first-order chi connectivity index (χ1) is 13.4. The Bertz CT molecular complexity index is 980. The van der Waals surface area contributed by atoms with E-state index >= 15 is 0 Å². The fraction of sp³-hybridized carbons (Fsp3) is 0.188. The molecule has 1 amide bonds. The summed E-state index contributed by atoms with van der Waals surface area (Å²) in [6, 6.07) is 9.69. The number of halogens is 6. The quantitative estimate of drug-likeness (QED) is 0.390. The van der Waals surface area contributed by atoms with Gasteiger partial charge in [-0.3, -0.25) is 4.79 Å². The SMILES string of the molecule is O=C(COc1ccc(Cl)cc1Cl)N[C@@H](NS(=O)(=O)c1ccc(Cl)cc1)C(Cl)(Cl)Cl. The Balaban J connectivity index is 2.08. The van der Waals surface area contributed by atoms with Gasteiger partial charge in [0.25, 0.3) is 5.91 Å². The highest BCUT2D eigenvalue weighted by Crippen LogP contribution is 2.30. The summed E-state index contributed by atoms with van der Waals surface area (Å²) in [4.78, 5) is 12.0. The van der Waals surface area contributed by atoms with Crippen molar-refractivity contribution in [1.82, 2.24) is 10.0 Å². The van der Waals surface area contributed by atoms with Crippen molar-refractivity contribution in [3.8, 4) is 5.75 Å². The highest BCUT2D eigenvalue weighted by molar-refractivity contribution is 7.89. The number of ether oxygens (including phenoxy) is 1. The van der Waals surface area contributed by atoms with Crippen LogP contribution in [0.4, 0.5) is 0 Å². The molecule has 0 aliphatic carbocycles. The van der Waals surface area contributed by atoms with Crippen molar-refractivity contribution in [2.24, 2.45) is 0 Å². The second kappa shape index (κ2) is 10.1. The molecule has 0 heterocycles. The topological polar surface area (TPSA) is 84.5 Å². The number of benzene rings is 2. The molecule has 0 radical (unpaired) electrons. The zero-order valence-corrected chi connectivity index (χ0v) is 19.5. The van der Waals surface area contributed by atoms with Crippen LogP contribution in [0.15, 0.2) is 47.4 Å². The van der Waals surface area contributed by atoms with Crippen molar-refractivity contribution in [3.63, 3.8) is 0 Å². The Kier molecular flexibility index (Phi) is 8.59. The third-order valence-corrected chi connectivity index (χ3v) is 6.16. The molecular formula is C16H12Cl6N2O4S. The second-order valence-electron chi connectivity index (χ2n) is 5.48. The number of carbonyl (C=O) groups is 1. The molecule has 6 nitrogen and oxygen atoms in total. The van der Waals surface area contributed by atoms with Crippen LogP contribution in [0.2, 0.25) is 15.1 Å². The maximum absolute atomic E-state index is 12.5. The molecule has 0 saturated heterocycles. The minimum atomic E-state index is -4.14. The Labute approximate surface area is 197 Å². The first kappa shape index (κ1) is 24.6. The lowest BCUT2D eigenvalue weighted by Gasteiger charge is -2.26. The lowest BCUT2D eigenvalue weighted by Crippen LogP contribution is -2.56. The van der Waals surface area contributed by atoms with Gasteiger partial charge in [0.1, 0.15) is 11.9 Å². The summed E-state index contributed by atoms with van der Waals surface area (Å²) in [6.45, 7) is -0.527. The summed E-state index contributed by atoms with van der Waals surface area (Å²) in [6.07, 6.45) is -1.59. The fourth-order valence-electron chi connectivity index (χ4n) is 1.95. The summed E-state index contributed by atoms with van der Waals surface area (Å²) in [5.74, 6) is -0.579. The Morgan fingerprint density at radius 2 is 1.59 bits per heavy atom. The number of hydrogen-bond donors (Lipinski definition) is 2. The van der Waals surface area contributed by atoms with Crippen molar-refractivity contribution in [2.45, 2.75) is 14.9 Å². The number of carbonyl (C=O) groups excluding carboxylic acids is 1. The molecule has 0 bridgehead atoms. The summed E-state index contributed by atoms with van der Waals surface area (Å²) in [5, 5.41) is 3.17. The van der Waals surface area contributed by atoms with E-state index in [0.717, 1.165) is 0 Å². The first-order valence-corrected chi connectivity index (χ1v) is 11.4. The van der Waals surface area contributed by atoms with Crippen LogP contribution in [0, 0.1) is 0 Å². The van der Waals surface area contributed by atoms with Gasteiger partial charge in [0.2, 0.25) is 13.8 Å². The van der Waals surface area contributed by atoms with Gasteiger partial charge >= 0.3 is 0 Å². The van der Waals surface area contributed by atoms with Gasteiger partial charge in [-0.05, 0) is 42.5 Å². The maximum Gasteiger partial charge on any atom is 0.259 e. The number of rotatable bonds is 7. The number of amides is 1. The summed E-state index contributed by atoms with van der Waals surface area (Å²) >= 11 is 34.9. The minimum Gasteiger partial charge on any atom is -0.482 e. The zero-order valence-electron chi connectivity index (χ0n) is 14.1. The van der Waals surface area contributed by atoms with Gasteiger partial charge < -0.3 is 10.1 Å². The van der Waals surface area contributed by atoms with Crippen molar-refractivity contribution in [3.05, 3.63) is 57.5 Å². The molecular weight excluding hydrogens is 529 g/mol. The molecule has 13 heteroatoms. The van der Waals surface area contributed by atoms with Crippen LogP contribution in [0.1, 0.15) is 0 Å². The van der Waals surface area contributed by atoms with Crippen LogP contribution in [0.3, 0.4) is 0 Å². The van der Waals surface area contributed by atoms with Crippen molar-refractivity contribution in [2.75, 3.05) is 6.61 Å². The standard InChI is InChI=1S/C16H12Cl6N2O4S/c17-9-1-4-11(5-2-9)29(26,27)24-15(16(20,21)22)23-14(25)8-28-13-6-3-10(18)7-12(13)19/h1-7,15,24H,8H2,(H,23,25)/t15-/m0/s1. The van der Waals surface area contributed by atoms with Crippen molar-refractivity contribution < 1.29 is 17.9 Å². The van der Waals surface area contributed by atoms with Gasteiger partial charge in [-0.1, -0.05) is 69.6 Å². The van der Waals surface area contributed by atoms with E-state index in [9.17, 15) is 13.2 Å². The number of sulfonamides is 1. The largest absolute Gasteiger partial charge is 0.482 e. The van der Waals surface area contributed by atoms with E-state index in [1.165, 1.54) is 42.5 Å². The van der Waals surface area contributed by atoms with E-state index in [1.54, 1.807) is 0 Å². The monoisotopic (exact) mass is 538 g/mol. The Morgan fingerprint density at radius 3 is 2.14 bits per heavy atom. The van der Waals surface area contributed by atoms with Crippen LogP contribution in [-0.4, -0.2) is 30.9 Å².